The number of aliphatic hydroxyl groups is 1. The monoisotopic (exact) mass is 221 g/mol. The average Bonchev–Trinajstić information content (AvgIpc) is 2.32. The maximum Gasteiger partial charge on any atom is 0.142 e. The normalized spacial score (nSPS) is 21.2. The smallest absolute Gasteiger partial charge is 0.142 e. The van der Waals surface area contributed by atoms with E-state index in [-0.39, 0.29) is 6.10 Å². The van der Waals surface area contributed by atoms with Crippen LogP contribution in [0.15, 0.2) is 24.3 Å². The van der Waals surface area contributed by atoms with Crippen LogP contribution in [0.5, 0.6) is 5.75 Å². The van der Waals surface area contributed by atoms with Gasteiger partial charge >= 0.3 is 0 Å². The fraction of sp³-hybridized carbons (Fsp3) is 0.538. The van der Waals surface area contributed by atoms with Crippen molar-refractivity contribution in [3.05, 3.63) is 24.3 Å². The van der Waals surface area contributed by atoms with Gasteiger partial charge in [0.15, 0.2) is 0 Å². The van der Waals surface area contributed by atoms with Gasteiger partial charge in [0.25, 0.3) is 0 Å². The highest BCUT2D eigenvalue weighted by atomic mass is 16.5. The summed E-state index contributed by atoms with van der Waals surface area (Å²) in [6.45, 7) is 5.49. The number of hydrogen-bond donors (Lipinski definition) is 1. The largest absolute Gasteiger partial charge is 0.489 e. The summed E-state index contributed by atoms with van der Waals surface area (Å²) in [5.74, 6) is 0.920. The summed E-state index contributed by atoms with van der Waals surface area (Å²) in [6, 6.07) is 8.32. The second-order valence-electron chi connectivity index (χ2n) is 4.34. The van der Waals surface area contributed by atoms with E-state index in [9.17, 15) is 5.11 Å². The van der Waals surface area contributed by atoms with Crippen molar-refractivity contribution < 1.29 is 9.84 Å². The first-order valence-electron chi connectivity index (χ1n) is 5.89. The molecule has 0 saturated carbocycles. The summed E-state index contributed by atoms with van der Waals surface area (Å²) >= 11 is 0. The summed E-state index contributed by atoms with van der Waals surface area (Å²) < 4.78 is 5.66. The Balaban J connectivity index is 2.22. The maximum absolute atomic E-state index is 9.77. The number of para-hydroxylation sites is 2. The zero-order valence-corrected chi connectivity index (χ0v) is 9.89. The quantitative estimate of drug-likeness (QED) is 0.848. The lowest BCUT2D eigenvalue weighted by Crippen LogP contribution is -2.44. The highest BCUT2D eigenvalue weighted by molar-refractivity contribution is 5.60. The SMILES string of the molecule is CC[C@@H](O)CN1c2ccccc2OCC1C. The van der Waals surface area contributed by atoms with E-state index in [0.29, 0.717) is 19.2 Å². The molecule has 0 aromatic heterocycles. The standard InChI is InChI=1S/C13H19NO2/c1-3-11(15)8-14-10(2)9-16-13-7-5-4-6-12(13)14/h4-7,10-11,15H,3,8-9H2,1-2H3/t10?,11-/m1/s1. The number of fused-ring (bicyclic) bond motifs is 1. The molecule has 0 saturated heterocycles. The number of β-amino-alcohol motifs (C(OH)–C–C–N with tert-alkyl or cyclic N) is 1. The van der Waals surface area contributed by atoms with Crippen molar-refractivity contribution >= 4 is 5.69 Å². The Morgan fingerprint density at radius 3 is 3.00 bits per heavy atom. The van der Waals surface area contributed by atoms with Gasteiger partial charge < -0.3 is 14.7 Å². The van der Waals surface area contributed by atoms with Gasteiger partial charge in [-0.1, -0.05) is 19.1 Å². The van der Waals surface area contributed by atoms with Gasteiger partial charge in [0.05, 0.1) is 17.8 Å². The van der Waals surface area contributed by atoms with E-state index in [1.807, 2.05) is 31.2 Å². The van der Waals surface area contributed by atoms with E-state index in [2.05, 4.69) is 11.8 Å². The minimum Gasteiger partial charge on any atom is -0.489 e. The summed E-state index contributed by atoms with van der Waals surface area (Å²) in [5.41, 5.74) is 1.09. The van der Waals surface area contributed by atoms with E-state index in [1.165, 1.54) is 0 Å². The third kappa shape index (κ3) is 2.14. The summed E-state index contributed by atoms with van der Waals surface area (Å²) in [4.78, 5) is 2.23. The first-order chi connectivity index (χ1) is 7.72. The van der Waals surface area contributed by atoms with Crippen LogP contribution in [0.25, 0.3) is 0 Å². The second-order valence-corrected chi connectivity index (χ2v) is 4.34. The molecule has 0 bridgehead atoms. The third-order valence-corrected chi connectivity index (χ3v) is 3.07. The number of rotatable bonds is 3. The van der Waals surface area contributed by atoms with Gasteiger partial charge in [-0.3, -0.25) is 0 Å². The number of nitrogens with zero attached hydrogens (tertiary/aromatic N) is 1. The van der Waals surface area contributed by atoms with E-state index < -0.39 is 0 Å². The second kappa shape index (κ2) is 4.74. The van der Waals surface area contributed by atoms with Crippen molar-refractivity contribution in [1.82, 2.24) is 0 Å². The molecule has 0 fully saturated rings. The molecule has 1 aliphatic rings. The van der Waals surface area contributed by atoms with Crippen LogP contribution in [0.4, 0.5) is 5.69 Å². The minimum atomic E-state index is -0.270. The fourth-order valence-corrected chi connectivity index (χ4v) is 1.99. The Kier molecular flexibility index (Phi) is 3.34. The molecule has 0 spiro atoms. The van der Waals surface area contributed by atoms with Crippen molar-refractivity contribution in [1.29, 1.82) is 0 Å². The van der Waals surface area contributed by atoms with Crippen LogP contribution < -0.4 is 9.64 Å². The molecule has 1 N–H and O–H groups in total. The van der Waals surface area contributed by atoms with E-state index in [0.717, 1.165) is 17.9 Å². The summed E-state index contributed by atoms with van der Waals surface area (Å²) in [5, 5.41) is 9.77. The molecule has 2 rings (SSSR count). The zero-order valence-electron chi connectivity index (χ0n) is 9.89. The van der Waals surface area contributed by atoms with Gasteiger partial charge in [0.2, 0.25) is 0 Å². The van der Waals surface area contributed by atoms with Crippen LogP contribution in [0.1, 0.15) is 20.3 Å². The Hall–Kier alpha value is -1.22. The first-order valence-corrected chi connectivity index (χ1v) is 5.89. The van der Waals surface area contributed by atoms with Crippen molar-refractivity contribution in [2.75, 3.05) is 18.1 Å². The molecule has 1 unspecified atom stereocenters. The molecule has 0 aliphatic carbocycles. The van der Waals surface area contributed by atoms with Gasteiger partial charge in [0, 0.05) is 6.54 Å². The third-order valence-electron chi connectivity index (χ3n) is 3.07. The Morgan fingerprint density at radius 2 is 2.25 bits per heavy atom. The highest BCUT2D eigenvalue weighted by Crippen LogP contribution is 2.33. The zero-order chi connectivity index (χ0) is 11.5. The molecule has 1 aromatic carbocycles. The Bertz CT molecular complexity index is 354. The van der Waals surface area contributed by atoms with Crippen LogP contribution in [-0.4, -0.2) is 30.4 Å². The van der Waals surface area contributed by atoms with Crippen LogP contribution in [-0.2, 0) is 0 Å². The Morgan fingerprint density at radius 1 is 1.50 bits per heavy atom. The van der Waals surface area contributed by atoms with Gasteiger partial charge in [-0.25, -0.2) is 0 Å². The molecule has 16 heavy (non-hydrogen) atoms. The van der Waals surface area contributed by atoms with E-state index in [1.54, 1.807) is 0 Å². The van der Waals surface area contributed by atoms with Gasteiger partial charge in [0.1, 0.15) is 12.4 Å². The van der Waals surface area contributed by atoms with Crippen LogP contribution in [0.2, 0.25) is 0 Å². The molecule has 1 heterocycles. The lowest BCUT2D eigenvalue weighted by Gasteiger charge is -2.37. The number of ether oxygens (including phenoxy) is 1. The molecule has 2 atom stereocenters. The Labute approximate surface area is 96.6 Å². The molecule has 0 amide bonds. The number of aliphatic hydroxyl groups excluding tert-OH is 1. The number of hydrogen-bond acceptors (Lipinski definition) is 3. The van der Waals surface area contributed by atoms with Gasteiger partial charge in [-0.15, -0.1) is 0 Å². The van der Waals surface area contributed by atoms with Crippen LogP contribution >= 0.6 is 0 Å². The van der Waals surface area contributed by atoms with Crippen molar-refractivity contribution in [3.8, 4) is 5.75 Å². The van der Waals surface area contributed by atoms with E-state index in [4.69, 9.17) is 4.74 Å². The molecule has 1 aromatic rings. The highest BCUT2D eigenvalue weighted by Gasteiger charge is 2.25. The average molecular weight is 221 g/mol. The van der Waals surface area contributed by atoms with E-state index >= 15 is 0 Å². The molecule has 88 valence electrons. The predicted octanol–water partition coefficient (Wildman–Crippen LogP) is 2.04. The molecule has 3 nitrogen and oxygen atoms in total. The summed E-state index contributed by atoms with van der Waals surface area (Å²) in [7, 11) is 0. The van der Waals surface area contributed by atoms with Crippen LogP contribution in [0.3, 0.4) is 0 Å². The van der Waals surface area contributed by atoms with Gasteiger partial charge in [-0.2, -0.15) is 0 Å². The molecular weight excluding hydrogens is 202 g/mol. The van der Waals surface area contributed by atoms with Gasteiger partial charge in [-0.05, 0) is 25.5 Å². The lowest BCUT2D eigenvalue weighted by atomic mass is 10.1. The minimum absolute atomic E-state index is 0.270. The fourth-order valence-electron chi connectivity index (χ4n) is 1.99. The molecular formula is C13H19NO2. The topological polar surface area (TPSA) is 32.7 Å². The van der Waals surface area contributed by atoms with Crippen LogP contribution in [0, 0.1) is 0 Å². The van der Waals surface area contributed by atoms with Crippen molar-refractivity contribution in [2.45, 2.75) is 32.4 Å². The predicted molar refractivity (Wildman–Crippen MR) is 65.0 cm³/mol. The molecule has 0 radical (unpaired) electrons. The number of anilines is 1. The molecule has 1 aliphatic heterocycles. The first kappa shape index (κ1) is 11.3. The van der Waals surface area contributed by atoms with Crippen molar-refractivity contribution in [3.63, 3.8) is 0 Å². The lowest BCUT2D eigenvalue weighted by molar-refractivity contribution is 0.165. The number of benzene rings is 1. The summed E-state index contributed by atoms with van der Waals surface area (Å²) in [6.07, 6.45) is 0.514. The maximum atomic E-state index is 9.77. The molecule has 3 heteroatoms. The van der Waals surface area contributed by atoms with Crippen molar-refractivity contribution in [2.24, 2.45) is 0 Å².